The molecule has 35 heavy (non-hydrogen) atoms. The Morgan fingerprint density at radius 1 is 1.31 bits per heavy atom. The maximum Gasteiger partial charge on any atom is 0.246 e. The number of rotatable bonds is 5. The molecule has 2 saturated heterocycles. The van der Waals surface area contributed by atoms with E-state index in [1.54, 1.807) is 35.7 Å². The van der Waals surface area contributed by atoms with Crippen molar-refractivity contribution in [2.24, 2.45) is 23.2 Å². The summed E-state index contributed by atoms with van der Waals surface area (Å²) in [6.07, 6.45) is 15.8. The molecule has 7 heteroatoms. The number of hydrogen-bond donors (Lipinski definition) is 2. The Morgan fingerprint density at radius 2 is 2.17 bits per heavy atom. The highest BCUT2D eigenvalue weighted by Gasteiger charge is 2.77. The summed E-state index contributed by atoms with van der Waals surface area (Å²) in [5, 5.41) is 23.4. The van der Waals surface area contributed by atoms with Crippen molar-refractivity contribution in [2.75, 3.05) is 20.1 Å². The van der Waals surface area contributed by atoms with Gasteiger partial charge in [0.25, 0.3) is 0 Å². The molecule has 7 rings (SSSR count). The first kappa shape index (κ1) is 21.7. The second-order valence-electron chi connectivity index (χ2n) is 11.6. The van der Waals surface area contributed by atoms with E-state index in [-0.39, 0.29) is 41.7 Å². The summed E-state index contributed by atoms with van der Waals surface area (Å²) in [4.78, 5) is 17.5. The van der Waals surface area contributed by atoms with Gasteiger partial charge < -0.3 is 24.3 Å². The number of piperidine rings is 1. The van der Waals surface area contributed by atoms with Crippen LogP contribution in [0.5, 0.6) is 0 Å². The fourth-order valence-corrected chi connectivity index (χ4v) is 8.28. The first-order chi connectivity index (χ1) is 16.9. The van der Waals surface area contributed by atoms with Gasteiger partial charge in [-0.1, -0.05) is 6.08 Å². The molecule has 1 amide bonds. The van der Waals surface area contributed by atoms with E-state index in [4.69, 9.17) is 9.15 Å². The summed E-state index contributed by atoms with van der Waals surface area (Å²) in [5.74, 6) is 1.70. The minimum Gasteiger partial charge on any atom is -0.504 e. The molecule has 3 saturated carbocycles. The quantitative estimate of drug-likeness (QED) is 0.630. The lowest BCUT2D eigenvalue weighted by atomic mass is 9.43. The number of nitrogens with zero attached hydrogens (tertiary/aromatic N) is 2. The lowest BCUT2D eigenvalue weighted by Gasteiger charge is -2.67. The molecule has 1 spiro atoms. The third-order valence-corrected chi connectivity index (χ3v) is 10.1. The summed E-state index contributed by atoms with van der Waals surface area (Å²) < 4.78 is 11.7. The molecule has 1 aromatic rings. The summed E-state index contributed by atoms with van der Waals surface area (Å²) in [7, 11) is 1.84. The molecule has 2 aliphatic heterocycles. The molecule has 5 fully saturated rings. The molecule has 0 radical (unpaired) electrons. The zero-order chi connectivity index (χ0) is 23.9. The van der Waals surface area contributed by atoms with Crippen molar-refractivity contribution < 1.29 is 24.2 Å². The van der Waals surface area contributed by atoms with Gasteiger partial charge in [0.1, 0.15) is 11.9 Å². The number of allylic oxidation sites excluding steroid dienone is 3. The summed E-state index contributed by atoms with van der Waals surface area (Å²) in [5.41, 5.74) is -0.541. The summed E-state index contributed by atoms with van der Waals surface area (Å²) in [6.45, 7) is 2.01. The predicted octanol–water partition coefficient (Wildman–Crippen LogP) is 3.49. The molecule has 7 atom stereocenters. The molecular formula is C28H34N2O5. The van der Waals surface area contributed by atoms with Gasteiger partial charge in [0.15, 0.2) is 5.76 Å². The third-order valence-electron chi connectivity index (χ3n) is 10.1. The van der Waals surface area contributed by atoms with Crippen LogP contribution >= 0.6 is 0 Å². The van der Waals surface area contributed by atoms with Gasteiger partial charge in [0.2, 0.25) is 5.91 Å². The Kier molecular flexibility index (Phi) is 4.66. The van der Waals surface area contributed by atoms with E-state index in [2.05, 4.69) is 11.0 Å². The van der Waals surface area contributed by atoms with Gasteiger partial charge in [-0.15, -0.1) is 0 Å². The third kappa shape index (κ3) is 2.94. The van der Waals surface area contributed by atoms with E-state index in [0.717, 1.165) is 37.4 Å². The smallest absolute Gasteiger partial charge is 0.246 e. The van der Waals surface area contributed by atoms with Gasteiger partial charge in [0.05, 0.1) is 29.6 Å². The largest absolute Gasteiger partial charge is 0.504 e. The van der Waals surface area contributed by atoms with Crippen LogP contribution in [0.4, 0.5) is 0 Å². The first-order valence-electron chi connectivity index (χ1n) is 13.1. The van der Waals surface area contributed by atoms with Crippen LogP contribution in [0.1, 0.15) is 44.1 Å². The van der Waals surface area contributed by atoms with E-state index < -0.39 is 11.0 Å². The first-order valence-corrected chi connectivity index (χ1v) is 13.1. The Morgan fingerprint density at radius 3 is 2.94 bits per heavy atom. The lowest BCUT2D eigenvalue weighted by Crippen LogP contribution is -2.78. The van der Waals surface area contributed by atoms with Gasteiger partial charge >= 0.3 is 0 Å². The number of carbonyl (C=O) groups is 1. The fourth-order valence-electron chi connectivity index (χ4n) is 8.28. The van der Waals surface area contributed by atoms with E-state index >= 15 is 0 Å². The molecule has 4 aliphatic carbocycles. The highest BCUT2D eigenvalue weighted by molar-refractivity contribution is 5.91. The molecule has 186 valence electrons. The molecule has 3 heterocycles. The van der Waals surface area contributed by atoms with Crippen LogP contribution in [-0.2, 0) is 9.53 Å². The number of aliphatic hydroxyl groups excluding tert-OH is 1. The van der Waals surface area contributed by atoms with Gasteiger partial charge in [-0.25, -0.2) is 0 Å². The van der Waals surface area contributed by atoms with Crippen molar-refractivity contribution >= 4 is 12.0 Å². The highest BCUT2D eigenvalue weighted by Crippen LogP contribution is 2.70. The van der Waals surface area contributed by atoms with Crippen LogP contribution in [0.2, 0.25) is 0 Å². The topological polar surface area (TPSA) is 86.4 Å². The van der Waals surface area contributed by atoms with Crippen LogP contribution in [0, 0.1) is 23.2 Å². The average Bonchev–Trinajstić information content (AvgIpc) is 3.36. The number of hydrogen-bond acceptors (Lipinski definition) is 6. The molecule has 6 aliphatic rings. The Hall–Kier alpha value is -2.51. The lowest BCUT2D eigenvalue weighted by molar-refractivity contribution is -0.260. The predicted molar refractivity (Wildman–Crippen MR) is 129 cm³/mol. The molecular weight excluding hydrogens is 444 g/mol. The number of amides is 1. The molecule has 2 bridgehead atoms. The van der Waals surface area contributed by atoms with E-state index in [9.17, 15) is 15.0 Å². The second kappa shape index (κ2) is 7.50. The highest BCUT2D eigenvalue weighted by atomic mass is 16.5. The monoisotopic (exact) mass is 478 g/mol. The number of furan rings is 1. The van der Waals surface area contributed by atoms with Gasteiger partial charge in [-0.2, -0.15) is 0 Å². The van der Waals surface area contributed by atoms with Gasteiger partial charge in [0, 0.05) is 37.2 Å². The number of ether oxygens (including phenoxy) is 1. The maximum atomic E-state index is 13.2. The molecule has 2 unspecified atom stereocenters. The van der Waals surface area contributed by atoms with Crippen molar-refractivity contribution in [3.05, 3.63) is 53.9 Å². The van der Waals surface area contributed by atoms with Crippen molar-refractivity contribution in [1.82, 2.24) is 9.80 Å². The normalized spacial score (nSPS) is 41.7. The fraction of sp³-hybridized carbons (Fsp3) is 0.607. The summed E-state index contributed by atoms with van der Waals surface area (Å²) in [6, 6.07) is 1.74. The van der Waals surface area contributed by atoms with Crippen LogP contribution in [0.25, 0.3) is 6.08 Å². The zero-order valence-electron chi connectivity index (χ0n) is 20.2. The standard InChI is InChI=1S/C28H34N2O5/c1-29(23(32)7-4-18-9-13-34-16-18)20-8-10-28(33)22-14-19-5-6-21(31)25-24(19)27(28,26(20)35-25)11-12-30(22)15-17-2-3-17/h4-7,9,13,16-17,19-20,22,24,26,31,33H,2-3,8,10-12,14-15H2,1H3/b7-4+/t19?,20-,22-,24?,26+,27+,28-/m1/s1. The summed E-state index contributed by atoms with van der Waals surface area (Å²) >= 11 is 0. The Labute approximate surface area is 205 Å². The SMILES string of the molecule is CN(C(=O)/C=C/c1ccoc1)[C@@H]1CC[C@@]2(O)[C@H]3CC4C=CC(O)=C5O[C@@H]1[C@]2(CCN3CC1CC1)C54. The number of likely N-dealkylation sites (N-methyl/N-ethyl adjacent to an activating group) is 1. The van der Waals surface area contributed by atoms with Crippen LogP contribution < -0.4 is 0 Å². The van der Waals surface area contributed by atoms with Crippen molar-refractivity contribution in [3.8, 4) is 0 Å². The zero-order valence-corrected chi connectivity index (χ0v) is 20.2. The minimum atomic E-state index is -0.883. The van der Waals surface area contributed by atoms with Crippen LogP contribution in [-0.4, -0.2) is 69.8 Å². The second-order valence-corrected chi connectivity index (χ2v) is 11.6. The average molecular weight is 479 g/mol. The minimum absolute atomic E-state index is 0.0328. The van der Waals surface area contributed by atoms with Crippen molar-refractivity contribution in [1.29, 1.82) is 0 Å². The molecule has 0 aromatic carbocycles. The molecule has 2 N–H and O–H groups in total. The maximum absolute atomic E-state index is 13.2. The van der Waals surface area contributed by atoms with Gasteiger partial charge in [-0.05, 0) is 75.1 Å². The van der Waals surface area contributed by atoms with Crippen molar-refractivity contribution in [2.45, 2.75) is 62.3 Å². The number of carbonyl (C=O) groups excluding carboxylic acids is 1. The van der Waals surface area contributed by atoms with E-state index in [1.807, 2.05) is 13.1 Å². The molecule has 1 aromatic heterocycles. The van der Waals surface area contributed by atoms with E-state index in [0.29, 0.717) is 18.6 Å². The number of aliphatic hydroxyl groups is 2. The number of likely N-dealkylation sites (tertiary alicyclic amines) is 1. The van der Waals surface area contributed by atoms with Crippen molar-refractivity contribution in [3.63, 3.8) is 0 Å². The van der Waals surface area contributed by atoms with Crippen LogP contribution in [0.3, 0.4) is 0 Å². The van der Waals surface area contributed by atoms with Crippen LogP contribution in [0.15, 0.2) is 52.8 Å². The Balaban J connectivity index is 1.25. The van der Waals surface area contributed by atoms with Gasteiger partial charge in [-0.3, -0.25) is 9.69 Å². The Bertz CT molecular complexity index is 1120. The van der Waals surface area contributed by atoms with E-state index in [1.165, 1.54) is 12.8 Å². The molecule has 7 nitrogen and oxygen atoms in total.